The molecular formula is C24H25FN2O2S. The van der Waals surface area contributed by atoms with Crippen LogP contribution in [-0.2, 0) is 13.2 Å². The maximum Gasteiger partial charge on any atom is 0.264 e. The second-order valence-corrected chi connectivity index (χ2v) is 8.53. The van der Waals surface area contributed by atoms with Gasteiger partial charge in [0.25, 0.3) is 5.91 Å². The van der Waals surface area contributed by atoms with Crippen LogP contribution in [0.4, 0.5) is 4.39 Å². The lowest BCUT2D eigenvalue weighted by Gasteiger charge is -2.34. The highest BCUT2D eigenvalue weighted by Gasteiger charge is 2.23. The molecular weight excluding hydrogens is 399 g/mol. The highest BCUT2D eigenvalue weighted by atomic mass is 32.1. The molecule has 2 heterocycles. The predicted octanol–water partition coefficient (Wildman–Crippen LogP) is 4.73. The van der Waals surface area contributed by atoms with Crippen molar-refractivity contribution in [2.45, 2.75) is 20.1 Å². The van der Waals surface area contributed by atoms with Gasteiger partial charge in [-0.25, -0.2) is 4.39 Å². The highest BCUT2D eigenvalue weighted by molar-refractivity contribution is 7.12. The maximum absolute atomic E-state index is 13.1. The van der Waals surface area contributed by atoms with Crippen LogP contribution in [0.15, 0.2) is 60.0 Å². The number of aryl methyl sites for hydroxylation is 1. The van der Waals surface area contributed by atoms with Crippen molar-refractivity contribution >= 4 is 17.2 Å². The zero-order valence-electron chi connectivity index (χ0n) is 17.0. The molecule has 1 aliphatic rings. The number of rotatable bonds is 6. The van der Waals surface area contributed by atoms with E-state index in [1.54, 1.807) is 0 Å². The Morgan fingerprint density at radius 2 is 1.80 bits per heavy atom. The molecule has 1 aromatic heterocycles. The Morgan fingerprint density at radius 1 is 1.03 bits per heavy atom. The van der Waals surface area contributed by atoms with Gasteiger partial charge < -0.3 is 9.64 Å². The van der Waals surface area contributed by atoms with E-state index in [1.165, 1.54) is 23.5 Å². The number of hydrogen-bond donors (Lipinski definition) is 0. The van der Waals surface area contributed by atoms with Gasteiger partial charge in [0.15, 0.2) is 0 Å². The van der Waals surface area contributed by atoms with Gasteiger partial charge in [0.2, 0.25) is 0 Å². The van der Waals surface area contributed by atoms with Crippen LogP contribution >= 0.6 is 11.3 Å². The summed E-state index contributed by atoms with van der Waals surface area (Å²) < 4.78 is 18.9. The molecule has 0 bridgehead atoms. The van der Waals surface area contributed by atoms with E-state index in [1.807, 2.05) is 59.7 Å². The molecule has 2 aromatic carbocycles. The molecule has 4 nitrogen and oxygen atoms in total. The number of carbonyl (C=O) groups is 1. The van der Waals surface area contributed by atoms with E-state index in [4.69, 9.17) is 4.74 Å². The molecule has 0 aliphatic carbocycles. The molecule has 0 atom stereocenters. The van der Waals surface area contributed by atoms with E-state index >= 15 is 0 Å². The fourth-order valence-corrected chi connectivity index (χ4v) is 4.41. The molecule has 3 aromatic rings. The fraction of sp³-hybridized carbons (Fsp3) is 0.292. The van der Waals surface area contributed by atoms with Gasteiger partial charge in [0.05, 0.1) is 4.88 Å². The van der Waals surface area contributed by atoms with Gasteiger partial charge in [-0.2, -0.15) is 0 Å². The fourth-order valence-electron chi connectivity index (χ4n) is 3.55. The SMILES string of the molecule is Cc1cccc(OCc2csc(C(=O)N3CCN(Cc4ccc(F)cc4)CC3)c2)c1. The van der Waals surface area contributed by atoms with Gasteiger partial charge >= 0.3 is 0 Å². The average Bonchev–Trinajstić information content (AvgIpc) is 3.23. The van der Waals surface area contributed by atoms with Crippen molar-refractivity contribution in [1.82, 2.24) is 9.80 Å². The maximum atomic E-state index is 13.1. The van der Waals surface area contributed by atoms with Crippen molar-refractivity contribution < 1.29 is 13.9 Å². The van der Waals surface area contributed by atoms with Crippen LogP contribution in [-0.4, -0.2) is 41.9 Å². The monoisotopic (exact) mass is 424 g/mol. The zero-order valence-corrected chi connectivity index (χ0v) is 17.8. The van der Waals surface area contributed by atoms with Gasteiger partial charge in [0, 0.05) is 38.3 Å². The highest BCUT2D eigenvalue weighted by Crippen LogP contribution is 2.21. The Morgan fingerprint density at radius 3 is 2.53 bits per heavy atom. The lowest BCUT2D eigenvalue weighted by Crippen LogP contribution is -2.48. The number of carbonyl (C=O) groups excluding carboxylic acids is 1. The Balaban J connectivity index is 1.27. The second-order valence-electron chi connectivity index (χ2n) is 7.62. The van der Waals surface area contributed by atoms with Crippen molar-refractivity contribution in [1.29, 1.82) is 0 Å². The molecule has 0 N–H and O–H groups in total. The van der Waals surface area contributed by atoms with E-state index in [0.29, 0.717) is 19.7 Å². The third-order valence-corrected chi connectivity index (χ3v) is 6.21. The number of hydrogen-bond acceptors (Lipinski definition) is 4. The van der Waals surface area contributed by atoms with Gasteiger partial charge in [0.1, 0.15) is 18.2 Å². The standard InChI is InChI=1S/C24H25FN2O2S/c1-18-3-2-4-22(13-18)29-16-20-14-23(30-17-20)24(28)27-11-9-26(10-12-27)15-19-5-7-21(25)8-6-19/h2-8,13-14,17H,9-12,15-16H2,1H3. The normalized spacial score (nSPS) is 14.7. The zero-order chi connectivity index (χ0) is 20.9. The smallest absolute Gasteiger partial charge is 0.264 e. The topological polar surface area (TPSA) is 32.8 Å². The second kappa shape index (κ2) is 9.41. The van der Waals surface area contributed by atoms with Gasteiger partial charge in [-0.05, 0) is 53.8 Å². The Kier molecular flexibility index (Phi) is 6.45. The van der Waals surface area contributed by atoms with Crippen LogP contribution in [0.1, 0.15) is 26.4 Å². The summed E-state index contributed by atoms with van der Waals surface area (Å²) in [5.74, 6) is 0.711. The van der Waals surface area contributed by atoms with Crippen LogP contribution in [0.3, 0.4) is 0 Å². The Bertz CT molecular complexity index is 994. The van der Waals surface area contributed by atoms with Crippen LogP contribution in [0.5, 0.6) is 5.75 Å². The Labute approximate surface area is 180 Å². The van der Waals surface area contributed by atoms with Crippen LogP contribution in [0.25, 0.3) is 0 Å². The van der Waals surface area contributed by atoms with E-state index in [-0.39, 0.29) is 11.7 Å². The Hall–Kier alpha value is -2.70. The van der Waals surface area contributed by atoms with Crippen molar-refractivity contribution in [3.05, 3.63) is 87.4 Å². The lowest BCUT2D eigenvalue weighted by molar-refractivity contribution is 0.0633. The number of ether oxygens (including phenoxy) is 1. The number of halogens is 1. The van der Waals surface area contributed by atoms with Gasteiger partial charge in [-0.15, -0.1) is 11.3 Å². The van der Waals surface area contributed by atoms with E-state index < -0.39 is 0 Å². The largest absolute Gasteiger partial charge is 0.489 e. The van der Waals surface area contributed by atoms with Crippen molar-refractivity contribution in [2.75, 3.05) is 26.2 Å². The van der Waals surface area contributed by atoms with E-state index in [9.17, 15) is 9.18 Å². The van der Waals surface area contributed by atoms with Crippen LogP contribution in [0, 0.1) is 12.7 Å². The summed E-state index contributed by atoms with van der Waals surface area (Å²) in [4.78, 5) is 17.8. The molecule has 6 heteroatoms. The molecule has 4 rings (SSSR count). The number of amides is 1. The van der Waals surface area contributed by atoms with Crippen LogP contribution in [0.2, 0.25) is 0 Å². The minimum absolute atomic E-state index is 0.0863. The first-order valence-electron chi connectivity index (χ1n) is 10.1. The minimum atomic E-state index is -0.214. The third-order valence-electron chi connectivity index (χ3n) is 5.24. The molecule has 0 unspecified atom stereocenters. The quantitative estimate of drug-likeness (QED) is 0.573. The van der Waals surface area contributed by atoms with E-state index in [0.717, 1.165) is 47.0 Å². The molecule has 156 valence electrons. The molecule has 1 saturated heterocycles. The molecule has 1 amide bonds. The van der Waals surface area contributed by atoms with Crippen molar-refractivity contribution in [3.8, 4) is 5.75 Å². The van der Waals surface area contributed by atoms with Gasteiger partial charge in [-0.3, -0.25) is 9.69 Å². The third kappa shape index (κ3) is 5.26. The molecule has 1 fully saturated rings. The number of nitrogens with zero attached hydrogens (tertiary/aromatic N) is 2. The first-order valence-corrected chi connectivity index (χ1v) is 11.0. The summed E-state index contributed by atoms with van der Waals surface area (Å²) >= 11 is 1.47. The first-order chi connectivity index (χ1) is 14.6. The number of piperazine rings is 1. The molecule has 0 radical (unpaired) electrons. The predicted molar refractivity (Wildman–Crippen MR) is 117 cm³/mol. The van der Waals surface area contributed by atoms with Crippen molar-refractivity contribution in [3.63, 3.8) is 0 Å². The van der Waals surface area contributed by atoms with Crippen molar-refractivity contribution in [2.24, 2.45) is 0 Å². The van der Waals surface area contributed by atoms with E-state index in [2.05, 4.69) is 4.90 Å². The molecule has 0 saturated carbocycles. The number of thiophene rings is 1. The van der Waals surface area contributed by atoms with Gasteiger partial charge in [-0.1, -0.05) is 24.3 Å². The summed E-state index contributed by atoms with van der Waals surface area (Å²) in [6, 6.07) is 16.5. The average molecular weight is 425 g/mol. The van der Waals surface area contributed by atoms with Crippen LogP contribution < -0.4 is 4.74 Å². The summed E-state index contributed by atoms with van der Waals surface area (Å²) in [6.45, 7) is 6.31. The summed E-state index contributed by atoms with van der Waals surface area (Å²) in [6.07, 6.45) is 0. The summed E-state index contributed by atoms with van der Waals surface area (Å²) in [5.41, 5.74) is 3.26. The summed E-state index contributed by atoms with van der Waals surface area (Å²) in [7, 11) is 0. The molecule has 0 spiro atoms. The first kappa shape index (κ1) is 20.6. The molecule has 30 heavy (non-hydrogen) atoms. The summed E-state index contributed by atoms with van der Waals surface area (Å²) in [5, 5.41) is 1.99. The molecule has 1 aliphatic heterocycles. The minimum Gasteiger partial charge on any atom is -0.489 e. The lowest BCUT2D eigenvalue weighted by atomic mass is 10.2. The number of benzene rings is 2.